The predicted molar refractivity (Wildman–Crippen MR) is 144 cm³/mol. The second-order valence-corrected chi connectivity index (χ2v) is 11.4. The van der Waals surface area contributed by atoms with E-state index in [0.29, 0.717) is 19.1 Å². The van der Waals surface area contributed by atoms with Crippen LogP contribution in [0.4, 0.5) is 0 Å². The van der Waals surface area contributed by atoms with Crippen molar-refractivity contribution in [2.24, 2.45) is 17.8 Å². The Labute approximate surface area is 216 Å². The topological polar surface area (TPSA) is 52.6 Å². The summed E-state index contributed by atoms with van der Waals surface area (Å²) in [6.45, 7) is 3.28. The fraction of sp³-hybridized carbons (Fsp3) is 0.935. The van der Waals surface area contributed by atoms with Crippen molar-refractivity contribution >= 4 is 11.9 Å². The number of carbonyl (C=O) groups excluding carboxylic acids is 2. The Morgan fingerprint density at radius 3 is 1.49 bits per heavy atom. The number of esters is 2. The summed E-state index contributed by atoms with van der Waals surface area (Å²) in [6, 6.07) is 0. The van der Waals surface area contributed by atoms with Gasteiger partial charge < -0.3 is 9.47 Å². The molecule has 0 bridgehead atoms. The molecule has 0 N–H and O–H groups in total. The zero-order chi connectivity index (χ0) is 25.0. The van der Waals surface area contributed by atoms with E-state index in [1.165, 1.54) is 103 Å². The van der Waals surface area contributed by atoms with Crippen molar-refractivity contribution in [2.45, 2.75) is 155 Å². The highest BCUT2D eigenvalue weighted by Crippen LogP contribution is 2.33. The minimum absolute atomic E-state index is 0.164. The van der Waals surface area contributed by atoms with Crippen LogP contribution >= 0.6 is 0 Å². The smallest absolute Gasteiger partial charge is 0.309 e. The standard InChI is InChI=1S/C31H56O4/c1-2-3-4-5-6-7-8-9-10-11-12-13-19-25-34-30(32)28-22-17-18-23-29(28)31(33)35-26-24-27-20-15-14-16-21-27/h27-29H,2-26H2,1H3. The fourth-order valence-corrected chi connectivity index (χ4v) is 6.00. The highest BCUT2D eigenvalue weighted by Gasteiger charge is 2.37. The van der Waals surface area contributed by atoms with Gasteiger partial charge in [0.15, 0.2) is 0 Å². The average Bonchev–Trinajstić information content (AvgIpc) is 2.89. The Morgan fingerprint density at radius 2 is 0.971 bits per heavy atom. The highest BCUT2D eigenvalue weighted by atomic mass is 16.5. The lowest BCUT2D eigenvalue weighted by Gasteiger charge is -2.28. The molecule has 2 rings (SSSR count). The molecule has 2 aliphatic rings. The van der Waals surface area contributed by atoms with E-state index in [0.717, 1.165) is 44.9 Å². The molecule has 0 aromatic carbocycles. The molecule has 2 fully saturated rings. The number of hydrogen-bond acceptors (Lipinski definition) is 4. The molecule has 2 unspecified atom stereocenters. The van der Waals surface area contributed by atoms with E-state index in [-0.39, 0.29) is 23.8 Å². The van der Waals surface area contributed by atoms with Crippen LogP contribution in [0.3, 0.4) is 0 Å². The van der Waals surface area contributed by atoms with Crippen LogP contribution < -0.4 is 0 Å². The quantitative estimate of drug-likeness (QED) is 0.133. The third-order valence-electron chi connectivity index (χ3n) is 8.36. The van der Waals surface area contributed by atoms with Gasteiger partial charge in [0.05, 0.1) is 25.0 Å². The van der Waals surface area contributed by atoms with E-state index in [1.54, 1.807) is 0 Å². The van der Waals surface area contributed by atoms with Crippen LogP contribution in [0.5, 0.6) is 0 Å². The highest BCUT2D eigenvalue weighted by molar-refractivity contribution is 5.82. The van der Waals surface area contributed by atoms with Gasteiger partial charge in [-0.05, 0) is 31.6 Å². The lowest BCUT2D eigenvalue weighted by Crippen LogP contribution is -2.35. The lowest BCUT2D eigenvalue weighted by atomic mass is 9.79. The maximum Gasteiger partial charge on any atom is 0.309 e. The largest absolute Gasteiger partial charge is 0.465 e. The third-order valence-corrected chi connectivity index (χ3v) is 8.36. The van der Waals surface area contributed by atoms with Gasteiger partial charge in [-0.2, -0.15) is 0 Å². The van der Waals surface area contributed by atoms with Gasteiger partial charge in [0.2, 0.25) is 0 Å². The van der Waals surface area contributed by atoms with Crippen molar-refractivity contribution in [3.63, 3.8) is 0 Å². The zero-order valence-electron chi connectivity index (χ0n) is 23.0. The van der Waals surface area contributed by atoms with Crippen LogP contribution in [-0.2, 0) is 19.1 Å². The fourth-order valence-electron chi connectivity index (χ4n) is 6.00. The number of rotatable bonds is 19. The minimum Gasteiger partial charge on any atom is -0.465 e. The van der Waals surface area contributed by atoms with Gasteiger partial charge in [-0.15, -0.1) is 0 Å². The number of hydrogen-bond donors (Lipinski definition) is 0. The van der Waals surface area contributed by atoms with Gasteiger partial charge in [0.25, 0.3) is 0 Å². The van der Waals surface area contributed by atoms with Gasteiger partial charge in [-0.25, -0.2) is 0 Å². The lowest BCUT2D eigenvalue weighted by molar-refractivity contribution is -0.163. The zero-order valence-corrected chi connectivity index (χ0v) is 23.0. The van der Waals surface area contributed by atoms with E-state index in [2.05, 4.69) is 6.92 Å². The summed E-state index contributed by atoms with van der Waals surface area (Å²) in [6.07, 6.45) is 28.1. The van der Waals surface area contributed by atoms with Crippen molar-refractivity contribution < 1.29 is 19.1 Å². The van der Waals surface area contributed by atoms with Crippen LogP contribution in [0.15, 0.2) is 0 Å². The third kappa shape index (κ3) is 13.7. The molecular weight excluding hydrogens is 436 g/mol. The number of carbonyl (C=O) groups is 2. The molecule has 204 valence electrons. The second-order valence-electron chi connectivity index (χ2n) is 11.4. The molecule has 0 spiro atoms. The maximum atomic E-state index is 12.7. The van der Waals surface area contributed by atoms with E-state index < -0.39 is 0 Å². The molecule has 0 saturated heterocycles. The average molecular weight is 493 g/mol. The van der Waals surface area contributed by atoms with Crippen molar-refractivity contribution in [1.29, 1.82) is 0 Å². The molecule has 0 heterocycles. The first-order valence-corrected chi connectivity index (χ1v) is 15.6. The molecule has 4 nitrogen and oxygen atoms in total. The normalized spacial score (nSPS) is 21.1. The molecule has 0 aromatic heterocycles. The number of ether oxygens (including phenoxy) is 2. The summed E-state index contributed by atoms with van der Waals surface area (Å²) in [5, 5.41) is 0. The van der Waals surface area contributed by atoms with Crippen LogP contribution in [0.25, 0.3) is 0 Å². The minimum atomic E-state index is -0.298. The van der Waals surface area contributed by atoms with E-state index in [9.17, 15) is 9.59 Å². The molecular formula is C31H56O4. The first-order valence-electron chi connectivity index (χ1n) is 15.6. The van der Waals surface area contributed by atoms with Gasteiger partial charge >= 0.3 is 11.9 Å². The van der Waals surface area contributed by atoms with Crippen LogP contribution in [0.2, 0.25) is 0 Å². The molecule has 0 radical (unpaired) electrons. The van der Waals surface area contributed by atoms with Gasteiger partial charge in [0.1, 0.15) is 0 Å². The summed E-state index contributed by atoms with van der Waals surface area (Å²) >= 11 is 0. The Hall–Kier alpha value is -1.06. The Kier molecular flexibility index (Phi) is 17.3. The van der Waals surface area contributed by atoms with Gasteiger partial charge in [-0.1, -0.05) is 129 Å². The molecule has 0 aromatic rings. The summed E-state index contributed by atoms with van der Waals surface area (Å²) in [5.74, 6) is -0.215. The van der Waals surface area contributed by atoms with Crippen LogP contribution in [0.1, 0.15) is 155 Å². The molecule has 0 amide bonds. The van der Waals surface area contributed by atoms with Crippen molar-refractivity contribution in [3.05, 3.63) is 0 Å². The van der Waals surface area contributed by atoms with E-state index in [1.807, 2.05) is 0 Å². The second kappa shape index (κ2) is 20.0. The predicted octanol–water partition coefficient (Wildman–Crippen LogP) is 8.94. The summed E-state index contributed by atoms with van der Waals surface area (Å²) < 4.78 is 11.3. The van der Waals surface area contributed by atoms with Crippen LogP contribution in [-0.4, -0.2) is 25.2 Å². The van der Waals surface area contributed by atoms with Gasteiger partial charge in [0, 0.05) is 0 Å². The van der Waals surface area contributed by atoms with Crippen molar-refractivity contribution in [2.75, 3.05) is 13.2 Å². The van der Waals surface area contributed by atoms with E-state index in [4.69, 9.17) is 9.47 Å². The maximum absolute atomic E-state index is 12.7. The molecule has 2 aliphatic carbocycles. The molecule has 0 aliphatic heterocycles. The Balaban J connectivity index is 1.48. The summed E-state index contributed by atoms with van der Waals surface area (Å²) in [7, 11) is 0. The molecule has 4 heteroatoms. The first-order chi connectivity index (χ1) is 17.2. The van der Waals surface area contributed by atoms with Crippen molar-refractivity contribution in [1.82, 2.24) is 0 Å². The van der Waals surface area contributed by atoms with Crippen LogP contribution in [0, 0.1) is 17.8 Å². The summed E-state index contributed by atoms with van der Waals surface area (Å²) in [5.41, 5.74) is 0. The summed E-state index contributed by atoms with van der Waals surface area (Å²) in [4.78, 5) is 25.4. The monoisotopic (exact) mass is 492 g/mol. The number of unbranched alkanes of at least 4 members (excludes halogenated alkanes) is 12. The van der Waals surface area contributed by atoms with Gasteiger partial charge in [-0.3, -0.25) is 9.59 Å². The Bertz CT molecular complexity index is 540. The van der Waals surface area contributed by atoms with Crippen molar-refractivity contribution in [3.8, 4) is 0 Å². The molecule has 2 atom stereocenters. The Morgan fingerprint density at radius 1 is 0.543 bits per heavy atom. The molecule has 2 saturated carbocycles. The van der Waals surface area contributed by atoms with E-state index >= 15 is 0 Å². The SMILES string of the molecule is CCCCCCCCCCCCCCCOC(=O)C1CCCCC1C(=O)OCCC1CCCCC1. The first kappa shape index (κ1) is 30.2. The molecule has 35 heavy (non-hydrogen) atoms.